The van der Waals surface area contributed by atoms with E-state index in [1.165, 1.54) is 23.5 Å². The fourth-order valence-corrected chi connectivity index (χ4v) is 7.04. The third-order valence-electron chi connectivity index (χ3n) is 7.73. The quantitative estimate of drug-likeness (QED) is 0.529. The lowest BCUT2D eigenvalue weighted by Crippen LogP contribution is -2.64. The number of hydrogen-bond acceptors (Lipinski definition) is 6. The van der Waals surface area contributed by atoms with Crippen LogP contribution < -0.4 is 10.0 Å². The molecule has 1 spiro atoms. The average molecular weight is 485 g/mol. The van der Waals surface area contributed by atoms with Gasteiger partial charge in [-0.2, -0.15) is 0 Å². The number of nitrogens with one attached hydrogen (secondary N) is 3. The van der Waals surface area contributed by atoms with Gasteiger partial charge in [0.1, 0.15) is 6.26 Å². The molecule has 1 atom stereocenters. The van der Waals surface area contributed by atoms with Gasteiger partial charge in [-0.25, -0.2) is 18.5 Å². The third-order valence-corrected chi connectivity index (χ3v) is 8.98. The first-order chi connectivity index (χ1) is 16.2. The Morgan fingerprint density at radius 2 is 1.74 bits per heavy atom. The molecule has 10 heteroatoms. The molecule has 0 radical (unpaired) electrons. The fraction of sp³-hybridized carbons (Fsp3) is 0.500. The van der Waals surface area contributed by atoms with Crippen molar-refractivity contribution in [2.75, 3.05) is 18.4 Å². The Kier molecular flexibility index (Phi) is 4.83. The summed E-state index contributed by atoms with van der Waals surface area (Å²) in [5.74, 6) is -0.267. The number of aliphatic hydroxyl groups excluding tert-OH is 1. The molecule has 9 nitrogen and oxygen atoms in total. The molecule has 6 rings (SSSR count). The highest BCUT2D eigenvalue weighted by Crippen LogP contribution is 2.48. The van der Waals surface area contributed by atoms with Crippen LogP contribution >= 0.6 is 0 Å². The maximum atomic E-state index is 13.0. The van der Waals surface area contributed by atoms with Crippen molar-refractivity contribution >= 4 is 27.5 Å². The second-order valence-corrected chi connectivity index (χ2v) is 11.9. The lowest BCUT2D eigenvalue weighted by atomic mass is 9.62. The van der Waals surface area contributed by atoms with Crippen LogP contribution in [0.2, 0.25) is 0 Å². The van der Waals surface area contributed by atoms with E-state index in [2.05, 4.69) is 16.1 Å². The van der Waals surface area contributed by atoms with Crippen LogP contribution in [0.25, 0.3) is 0 Å². The van der Waals surface area contributed by atoms with Gasteiger partial charge in [-0.05, 0) is 73.6 Å². The first kappa shape index (κ1) is 21.7. The van der Waals surface area contributed by atoms with Crippen LogP contribution in [-0.4, -0.2) is 45.3 Å². The van der Waals surface area contributed by atoms with Crippen molar-refractivity contribution in [1.29, 1.82) is 4.78 Å². The third kappa shape index (κ3) is 3.51. The average Bonchev–Trinajstić information content (AvgIpc) is 3.48. The Labute approximate surface area is 198 Å². The molecule has 4 N–H and O–H groups in total. The molecule has 0 bridgehead atoms. The first-order valence-electron chi connectivity index (χ1n) is 11.8. The molecule has 2 aromatic rings. The number of anilines is 1. The number of furan rings is 1. The van der Waals surface area contributed by atoms with Crippen LogP contribution in [0.3, 0.4) is 0 Å². The van der Waals surface area contributed by atoms with E-state index in [1.807, 2.05) is 0 Å². The number of carbonyl (C=O) groups is 2. The monoisotopic (exact) mass is 484 g/mol. The molecule has 4 aliphatic rings. The Morgan fingerprint density at radius 1 is 1.09 bits per heavy atom. The molecule has 1 aliphatic heterocycles. The van der Waals surface area contributed by atoms with Crippen molar-refractivity contribution < 1.29 is 23.3 Å². The van der Waals surface area contributed by atoms with Crippen molar-refractivity contribution in [3.8, 4) is 0 Å². The standard InChI is InChI=1S/C24H28N4O5S/c25-34(32,20-8-16(11-33-20)22(30)28-12-24(13-28)9-17(29)10-24)27-23(31)26-21-18-5-1-3-14(18)7-15-4-2-6-19(15)21/h7-8,11,17,29H,1-6,9-10,12-13H2,(H3,25,26,27,31,32). The van der Waals surface area contributed by atoms with Gasteiger partial charge < -0.3 is 19.7 Å². The van der Waals surface area contributed by atoms with E-state index in [1.54, 1.807) is 4.90 Å². The first-order valence-corrected chi connectivity index (χ1v) is 13.4. The molecule has 1 aromatic carbocycles. The van der Waals surface area contributed by atoms with Crippen molar-refractivity contribution in [1.82, 2.24) is 9.62 Å². The van der Waals surface area contributed by atoms with Crippen LogP contribution in [-0.2, 0) is 35.6 Å². The largest absolute Gasteiger partial charge is 0.452 e. The van der Waals surface area contributed by atoms with E-state index < -0.39 is 15.9 Å². The van der Waals surface area contributed by atoms with Crippen LogP contribution in [0.4, 0.5) is 10.5 Å². The number of hydrogen-bond donors (Lipinski definition) is 4. The minimum absolute atomic E-state index is 0.0298. The predicted octanol–water partition coefficient (Wildman–Crippen LogP) is 3.00. The molecule has 1 saturated heterocycles. The maximum Gasteiger partial charge on any atom is 0.332 e. The van der Waals surface area contributed by atoms with Gasteiger partial charge in [-0.1, -0.05) is 6.07 Å². The van der Waals surface area contributed by atoms with E-state index >= 15 is 0 Å². The summed E-state index contributed by atoms with van der Waals surface area (Å²) in [6.07, 6.45) is 8.21. The summed E-state index contributed by atoms with van der Waals surface area (Å²) in [5.41, 5.74) is 5.85. The topological polar surface area (TPSA) is 136 Å². The number of aliphatic hydroxyl groups is 1. The van der Waals surface area contributed by atoms with Gasteiger partial charge in [0.15, 0.2) is 9.92 Å². The number of rotatable bonds is 4. The lowest BCUT2D eigenvalue weighted by molar-refractivity contribution is -0.113. The van der Waals surface area contributed by atoms with Gasteiger partial charge in [0.2, 0.25) is 5.09 Å². The van der Waals surface area contributed by atoms with Crippen molar-refractivity contribution in [3.63, 3.8) is 0 Å². The molecular weight excluding hydrogens is 456 g/mol. The molecule has 1 aromatic heterocycles. The highest BCUT2D eigenvalue weighted by atomic mass is 32.2. The number of aryl methyl sites for hydroxylation is 2. The second-order valence-electron chi connectivity index (χ2n) is 10.2. The molecule has 34 heavy (non-hydrogen) atoms. The summed E-state index contributed by atoms with van der Waals surface area (Å²) in [7, 11) is -3.79. The summed E-state index contributed by atoms with van der Waals surface area (Å²) < 4.78 is 28.7. The van der Waals surface area contributed by atoms with Gasteiger partial charge in [0.25, 0.3) is 5.91 Å². The van der Waals surface area contributed by atoms with E-state index in [4.69, 9.17) is 9.20 Å². The van der Waals surface area contributed by atoms with Crippen molar-refractivity contribution in [2.24, 2.45) is 5.41 Å². The SMILES string of the molecule is N=S(=O)(NC(=O)Nc1c2c(cc3c1CCC3)CCC2)c1cc(C(=O)N2CC3(CC(O)C3)C2)co1. The second kappa shape index (κ2) is 7.58. The van der Waals surface area contributed by atoms with Crippen LogP contribution in [0, 0.1) is 10.2 Å². The van der Waals surface area contributed by atoms with Gasteiger partial charge in [-0.15, -0.1) is 0 Å². The molecular formula is C24H28N4O5S. The summed E-state index contributed by atoms with van der Waals surface area (Å²) in [4.78, 5) is 27.1. The Hall–Kier alpha value is -2.85. The Bertz CT molecular complexity index is 1270. The van der Waals surface area contributed by atoms with Gasteiger partial charge in [0, 0.05) is 30.3 Å². The summed E-state index contributed by atoms with van der Waals surface area (Å²) in [5, 5.41) is 12.1. The lowest BCUT2D eigenvalue weighted by Gasteiger charge is -2.57. The number of benzene rings is 1. The van der Waals surface area contributed by atoms with Gasteiger partial charge >= 0.3 is 6.03 Å². The molecule has 1 saturated carbocycles. The van der Waals surface area contributed by atoms with E-state index in [9.17, 15) is 18.9 Å². The van der Waals surface area contributed by atoms with Crippen molar-refractivity contribution in [3.05, 3.63) is 46.2 Å². The van der Waals surface area contributed by atoms with Crippen LogP contribution in [0.5, 0.6) is 0 Å². The molecule has 180 valence electrons. The number of likely N-dealkylation sites (tertiary alicyclic amines) is 1. The highest BCUT2D eigenvalue weighted by molar-refractivity contribution is 7.91. The minimum Gasteiger partial charge on any atom is -0.452 e. The zero-order valence-electron chi connectivity index (χ0n) is 18.8. The fourth-order valence-electron chi connectivity index (χ4n) is 6.15. The van der Waals surface area contributed by atoms with Gasteiger partial charge in [0.05, 0.1) is 11.7 Å². The summed E-state index contributed by atoms with van der Waals surface area (Å²) in [6, 6.07) is 2.82. The number of urea groups is 1. The van der Waals surface area contributed by atoms with Crippen molar-refractivity contribution in [2.45, 2.75) is 62.6 Å². The predicted molar refractivity (Wildman–Crippen MR) is 124 cm³/mol. The molecule has 3 amide bonds. The van der Waals surface area contributed by atoms with Gasteiger partial charge in [-0.3, -0.25) is 4.79 Å². The van der Waals surface area contributed by atoms with E-state index in [-0.39, 0.29) is 28.1 Å². The number of amides is 3. The smallest absolute Gasteiger partial charge is 0.332 e. The minimum atomic E-state index is -3.79. The zero-order chi connectivity index (χ0) is 23.7. The number of fused-ring (bicyclic) bond motifs is 2. The highest BCUT2D eigenvalue weighted by Gasteiger charge is 2.53. The van der Waals surface area contributed by atoms with Crippen LogP contribution in [0.1, 0.15) is 58.3 Å². The molecule has 1 unspecified atom stereocenters. The molecule has 2 heterocycles. The summed E-state index contributed by atoms with van der Waals surface area (Å²) >= 11 is 0. The zero-order valence-corrected chi connectivity index (χ0v) is 19.6. The van der Waals surface area contributed by atoms with E-state index in [0.29, 0.717) is 25.9 Å². The van der Waals surface area contributed by atoms with E-state index in [0.717, 1.165) is 55.3 Å². The Balaban J connectivity index is 1.14. The summed E-state index contributed by atoms with van der Waals surface area (Å²) in [6.45, 7) is 1.15. The molecule has 2 fully saturated rings. The normalized spacial score (nSPS) is 21.9. The van der Waals surface area contributed by atoms with Crippen LogP contribution in [0.15, 0.2) is 27.9 Å². The molecule has 3 aliphatic carbocycles. The Morgan fingerprint density at radius 3 is 2.35 bits per heavy atom. The maximum absolute atomic E-state index is 13.0. The number of carbonyl (C=O) groups excluding carboxylic acids is 2. The number of nitrogens with zero attached hydrogens (tertiary/aromatic N) is 1.